The maximum atomic E-state index is 10.3. The number of nitrogens with two attached hydrogens (primary N) is 1. The van der Waals surface area contributed by atoms with Crippen LogP contribution in [0, 0.1) is 0 Å². The van der Waals surface area contributed by atoms with Crippen molar-refractivity contribution in [3.8, 4) is 0 Å². The number of rotatable bonds is 4. The number of hydrogen-bond acceptors (Lipinski definition) is 5. The van der Waals surface area contributed by atoms with Crippen LogP contribution in [0.25, 0.3) is 0 Å². The summed E-state index contributed by atoms with van der Waals surface area (Å²) in [5.41, 5.74) is 6.00. The van der Waals surface area contributed by atoms with Crippen LogP contribution in [0.3, 0.4) is 0 Å². The monoisotopic (exact) mass is 240 g/mol. The predicted molar refractivity (Wildman–Crippen MR) is 60.4 cm³/mol. The first kappa shape index (κ1) is 13.3. The van der Waals surface area contributed by atoms with Crippen LogP contribution < -0.4 is 11.1 Å². The third kappa shape index (κ3) is 4.75. The van der Waals surface area contributed by atoms with Gasteiger partial charge >= 0.3 is 5.97 Å². The third-order valence-corrected chi connectivity index (χ3v) is 2.29. The van der Waals surface area contributed by atoms with Gasteiger partial charge in [0, 0.05) is 24.7 Å². The zero-order chi connectivity index (χ0) is 12.8. The van der Waals surface area contributed by atoms with Crippen molar-refractivity contribution in [1.82, 2.24) is 15.3 Å². The number of Topliss-reactive ketones (excluding diaryl/α,β-unsaturated/α-hetero) is 1. The molecule has 2 atom stereocenters. The molecular weight excluding hydrogens is 224 g/mol. The van der Waals surface area contributed by atoms with Gasteiger partial charge in [-0.2, -0.15) is 0 Å². The number of nitrogens with zero attached hydrogens (tertiary/aromatic N) is 1. The molecule has 1 aromatic heterocycles. The number of aliphatic carboxylic acids is 1. The zero-order valence-electron chi connectivity index (χ0n) is 9.51. The molecule has 1 unspecified atom stereocenters. The van der Waals surface area contributed by atoms with Gasteiger partial charge in [-0.05, 0) is 7.05 Å². The molecule has 1 aromatic rings. The Morgan fingerprint density at radius 2 is 2.47 bits per heavy atom. The van der Waals surface area contributed by atoms with Gasteiger partial charge in [0.25, 0.3) is 0 Å². The highest BCUT2D eigenvalue weighted by Gasteiger charge is 2.32. The molecule has 0 radical (unpaired) electrons. The molecule has 0 bridgehead atoms. The van der Waals surface area contributed by atoms with E-state index >= 15 is 0 Å². The maximum absolute atomic E-state index is 10.3. The molecule has 1 saturated carbocycles. The van der Waals surface area contributed by atoms with Crippen LogP contribution in [0.5, 0.6) is 0 Å². The summed E-state index contributed by atoms with van der Waals surface area (Å²) in [5, 5.41) is 11.3. The van der Waals surface area contributed by atoms with Gasteiger partial charge < -0.3 is 21.1 Å². The van der Waals surface area contributed by atoms with E-state index in [4.69, 9.17) is 10.8 Å². The highest BCUT2D eigenvalue weighted by molar-refractivity contribution is 5.99. The van der Waals surface area contributed by atoms with Crippen LogP contribution in [-0.4, -0.2) is 46.0 Å². The van der Waals surface area contributed by atoms with E-state index in [0.717, 1.165) is 12.1 Å². The molecule has 0 spiro atoms. The Balaban J connectivity index is 0.000000202. The summed E-state index contributed by atoms with van der Waals surface area (Å²) in [4.78, 5) is 26.8. The van der Waals surface area contributed by atoms with Gasteiger partial charge in [-0.25, -0.2) is 4.98 Å². The van der Waals surface area contributed by atoms with Crippen molar-refractivity contribution in [3.63, 3.8) is 0 Å². The van der Waals surface area contributed by atoms with Crippen LogP contribution in [-0.2, 0) is 16.0 Å². The predicted octanol–water partition coefficient (Wildman–Crippen LogP) is -1.09. The van der Waals surface area contributed by atoms with Gasteiger partial charge in [-0.15, -0.1) is 0 Å². The molecule has 0 aliphatic heterocycles. The standard InChI is InChI=1S/C6H9N3O2.C4H7NO/c7-5(6(10)11)1-4-2-8-3-9-4;1-5-3-2-4(3)6/h2-3,5H,1,7H2,(H,8,9)(H,10,11);3,5H,2H2,1H3/t5-;/m0./s1. The van der Waals surface area contributed by atoms with Crippen LogP contribution >= 0.6 is 0 Å². The summed E-state index contributed by atoms with van der Waals surface area (Å²) >= 11 is 0. The minimum atomic E-state index is -1.00. The molecule has 94 valence electrons. The molecule has 0 saturated heterocycles. The van der Waals surface area contributed by atoms with Crippen LogP contribution in [0.1, 0.15) is 12.1 Å². The third-order valence-electron chi connectivity index (χ3n) is 2.29. The Kier molecular flexibility index (Phi) is 4.80. The fourth-order valence-electron chi connectivity index (χ4n) is 1.13. The van der Waals surface area contributed by atoms with Crippen molar-refractivity contribution in [2.45, 2.75) is 24.9 Å². The van der Waals surface area contributed by atoms with E-state index in [1.54, 1.807) is 13.2 Å². The first-order valence-corrected chi connectivity index (χ1v) is 5.20. The van der Waals surface area contributed by atoms with Crippen molar-refractivity contribution >= 4 is 11.8 Å². The van der Waals surface area contributed by atoms with Gasteiger partial charge in [0.1, 0.15) is 6.04 Å². The molecule has 1 fully saturated rings. The largest absolute Gasteiger partial charge is 0.480 e. The number of carbonyl (C=O) groups excluding carboxylic acids is 1. The fraction of sp³-hybridized carbons (Fsp3) is 0.500. The SMILES string of the molecule is CNC1CC1=O.N[C@@H](Cc1cnc[nH]1)C(=O)O. The topological polar surface area (TPSA) is 121 Å². The lowest BCUT2D eigenvalue weighted by atomic mass is 10.2. The zero-order valence-corrected chi connectivity index (χ0v) is 9.51. The Morgan fingerprint density at radius 1 is 1.82 bits per heavy atom. The number of imidazole rings is 1. The van der Waals surface area contributed by atoms with Crippen molar-refractivity contribution < 1.29 is 14.7 Å². The maximum Gasteiger partial charge on any atom is 0.320 e. The lowest BCUT2D eigenvalue weighted by molar-refractivity contribution is -0.138. The number of carbonyl (C=O) groups is 2. The second-order valence-corrected chi connectivity index (χ2v) is 3.74. The molecule has 1 heterocycles. The highest BCUT2D eigenvalue weighted by atomic mass is 16.4. The normalized spacial score (nSPS) is 19.2. The summed E-state index contributed by atoms with van der Waals surface area (Å²) in [6.07, 6.45) is 4.08. The number of carboxylic acid groups (broad SMARTS) is 1. The minimum Gasteiger partial charge on any atom is -0.480 e. The van der Waals surface area contributed by atoms with Crippen LogP contribution in [0.2, 0.25) is 0 Å². The van der Waals surface area contributed by atoms with E-state index in [0.29, 0.717) is 5.78 Å². The van der Waals surface area contributed by atoms with Crippen molar-refractivity contribution in [1.29, 1.82) is 0 Å². The average Bonchev–Trinajstić information content (AvgIpc) is 2.78. The summed E-state index contributed by atoms with van der Waals surface area (Å²) < 4.78 is 0. The molecule has 2 rings (SSSR count). The number of H-pyrrole nitrogens is 1. The fourth-order valence-corrected chi connectivity index (χ4v) is 1.13. The van der Waals surface area contributed by atoms with Gasteiger partial charge in [0.15, 0.2) is 5.78 Å². The second-order valence-electron chi connectivity index (χ2n) is 3.74. The van der Waals surface area contributed by atoms with Gasteiger partial charge in [-0.3, -0.25) is 9.59 Å². The van der Waals surface area contributed by atoms with Crippen molar-refractivity contribution in [2.75, 3.05) is 7.05 Å². The lowest BCUT2D eigenvalue weighted by Gasteiger charge is -2.02. The first-order valence-electron chi connectivity index (χ1n) is 5.20. The van der Waals surface area contributed by atoms with Gasteiger partial charge in [0.05, 0.1) is 12.4 Å². The molecule has 1 aliphatic rings. The number of carboxylic acids is 1. The lowest BCUT2D eigenvalue weighted by Crippen LogP contribution is -2.32. The van der Waals surface area contributed by atoms with E-state index < -0.39 is 12.0 Å². The highest BCUT2D eigenvalue weighted by Crippen LogP contribution is 2.11. The Hall–Kier alpha value is -1.73. The van der Waals surface area contributed by atoms with E-state index in [1.165, 1.54) is 6.33 Å². The molecule has 0 aromatic carbocycles. The number of ketones is 1. The summed E-state index contributed by atoms with van der Waals surface area (Å²) in [5.74, 6) is -0.655. The molecule has 17 heavy (non-hydrogen) atoms. The van der Waals surface area contributed by atoms with Gasteiger partial charge in [-0.1, -0.05) is 0 Å². The Morgan fingerprint density at radius 3 is 2.76 bits per heavy atom. The average molecular weight is 240 g/mol. The Bertz CT molecular complexity index is 377. The molecule has 0 amide bonds. The number of aromatic amines is 1. The number of likely N-dealkylation sites (N-methyl/N-ethyl adjacent to an activating group) is 1. The van der Waals surface area contributed by atoms with Crippen LogP contribution in [0.4, 0.5) is 0 Å². The second kappa shape index (κ2) is 6.12. The van der Waals surface area contributed by atoms with Crippen molar-refractivity contribution in [2.24, 2.45) is 5.73 Å². The quantitative estimate of drug-likeness (QED) is 0.530. The molecule has 1 aliphatic carbocycles. The minimum absolute atomic E-state index is 0.213. The van der Waals surface area contributed by atoms with Crippen molar-refractivity contribution in [3.05, 3.63) is 18.2 Å². The molecule has 7 heteroatoms. The summed E-state index contributed by atoms with van der Waals surface area (Å²) in [6, 6.07) is -0.638. The number of nitrogens with one attached hydrogen (secondary N) is 2. The molecule has 5 N–H and O–H groups in total. The van der Waals surface area contributed by atoms with E-state index in [9.17, 15) is 9.59 Å². The Labute approximate surface area is 98.4 Å². The molecular formula is C10H16N4O3. The van der Waals surface area contributed by atoms with Gasteiger partial charge in [0.2, 0.25) is 0 Å². The van der Waals surface area contributed by atoms with E-state index in [2.05, 4.69) is 15.3 Å². The first-order chi connectivity index (χ1) is 8.04. The van der Waals surface area contributed by atoms with Crippen LogP contribution in [0.15, 0.2) is 12.5 Å². The number of hydrogen-bond donors (Lipinski definition) is 4. The summed E-state index contributed by atoms with van der Waals surface area (Å²) in [6.45, 7) is 0. The van der Waals surface area contributed by atoms with E-state index in [-0.39, 0.29) is 12.5 Å². The summed E-state index contributed by atoms with van der Waals surface area (Å²) in [7, 11) is 1.80. The molecule has 7 nitrogen and oxygen atoms in total. The number of aromatic nitrogens is 2. The van der Waals surface area contributed by atoms with E-state index in [1.807, 2.05) is 0 Å². The smallest absolute Gasteiger partial charge is 0.320 e.